The molecule has 0 aliphatic carbocycles. The Kier molecular flexibility index (Phi) is 4.20. The number of hydrogen-bond donors (Lipinski definition) is 1. The average Bonchev–Trinajstić information content (AvgIpc) is 2.78. The molecule has 1 N–H and O–H groups in total. The van der Waals surface area contributed by atoms with Crippen LogP contribution in [0.15, 0.2) is 36.7 Å². The quantitative estimate of drug-likeness (QED) is 0.917. The Hall–Kier alpha value is -1.73. The number of sulfonamides is 1. The number of halogens is 2. The molecule has 0 bridgehead atoms. The van der Waals surface area contributed by atoms with Gasteiger partial charge in [0.15, 0.2) is 0 Å². The summed E-state index contributed by atoms with van der Waals surface area (Å²) in [5, 5.41) is 0. The standard InChI is InChI=1S/C13H14F2N2O2S/c1-17-6-5-10(8-17)7-16-20(18,19)9-11-12(14)3-2-4-13(11)15/h2-6,8,16H,7,9H2,1H3. The molecule has 0 saturated carbocycles. The lowest BCUT2D eigenvalue weighted by molar-refractivity contribution is 0.551. The van der Waals surface area contributed by atoms with E-state index in [1.165, 1.54) is 6.07 Å². The summed E-state index contributed by atoms with van der Waals surface area (Å²) >= 11 is 0. The fourth-order valence-corrected chi connectivity index (χ4v) is 2.91. The zero-order chi connectivity index (χ0) is 14.8. The summed E-state index contributed by atoms with van der Waals surface area (Å²) in [5.74, 6) is -2.46. The second-order valence-electron chi connectivity index (χ2n) is 4.47. The van der Waals surface area contributed by atoms with Crippen molar-refractivity contribution < 1.29 is 17.2 Å². The third-order valence-electron chi connectivity index (χ3n) is 2.79. The van der Waals surface area contributed by atoms with Gasteiger partial charge in [0.1, 0.15) is 11.6 Å². The van der Waals surface area contributed by atoms with Crippen LogP contribution >= 0.6 is 0 Å². The Bertz CT molecular complexity index is 691. The van der Waals surface area contributed by atoms with Gasteiger partial charge in [-0.3, -0.25) is 0 Å². The first kappa shape index (κ1) is 14.7. The molecular weight excluding hydrogens is 286 g/mol. The van der Waals surface area contributed by atoms with Crippen LogP contribution in [0.4, 0.5) is 8.78 Å². The van der Waals surface area contributed by atoms with E-state index >= 15 is 0 Å². The summed E-state index contributed by atoms with van der Waals surface area (Å²) in [6, 6.07) is 5.01. The Balaban J connectivity index is 2.08. The van der Waals surface area contributed by atoms with Crippen LogP contribution in [0.25, 0.3) is 0 Å². The van der Waals surface area contributed by atoms with Crippen molar-refractivity contribution in [3.8, 4) is 0 Å². The van der Waals surface area contributed by atoms with Crippen molar-refractivity contribution in [2.75, 3.05) is 0 Å². The van der Waals surface area contributed by atoms with Crippen LogP contribution in [0.1, 0.15) is 11.1 Å². The molecule has 1 aromatic carbocycles. The Morgan fingerprint density at radius 1 is 1.20 bits per heavy atom. The van der Waals surface area contributed by atoms with Crippen LogP contribution in [0, 0.1) is 11.6 Å². The number of aromatic nitrogens is 1. The maximum atomic E-state index is 13.4. The molecule has 20 heavy (non-hydrogen) atoms. The predicted molar refractivity (Wildman–Crippen MR) is 71.2 cm³/mol. The molecule has 0 unspecified atom stereocenters. The zero-order valence-electron chi connectivity index (χ0n) is 10.8. The number of nitrogens with one attached hydrogen (secondary N) is 1. The topological polar surface area (TPSA) is 51.1 Å². The van der Waals surface area contributed by atoms with E-state index in [-0.39, 0.29) is 6.54 Å². The first-order valence-corrected chi connectivity index (χ1v) is 7.54. The summed E-state index contributed by atoms with van der Waals surface area (Å²) in [6.45, 7) is 0.0826. The van der Waals surface area contributed by atoms with E-state index in [2.05, 4.69) is 4.72 Å². The summed E-state index contributed by atoms with van der Waals surface area (Å²) in [7, 11) is -2.00. The molecule has 4 nitrogen and oxygen atoms in total. The molecule has 0 amide bonds. The van der Waals surface area contributed by atoms with Crippen LogP contribution in [-0.2, 0) is 29.4 Å². The van der Waals surface area contributed by atoms with Crippen molar-refractivity contribution in [2.45, 2.75) is 12.3 Å². The van der Waals surface area contributed by atoms with E-state index in [0.717, 1.165) is 17.7 Å². The normalized spacial score (nSPS) is 11.8. The van der Waals surface area contributed by atoms with Crippen molar-refractivity contribution >= 4 is 10.0 Å². The van der Waals surface area contributed by atoms with Crippen LogP contribution in [0.5, 0.6) is 0 Å². The third kappa shape index (κ3) is 3.64. The fourth-order valence-electron chi connectivity index (χ4n) is 1.77. The van der Waals surface area contributed by atoms with Gasteiger partial charge in [0, 0.05) is 31.5 Å². The molecule has 2 aromatic rings. The minimum Gasteiger partial charge on any atom is -0.357 e. The van der Waals surface area contributed by atoms with Crippen LogP contribution in [-0.4, -0.2) is 13.0 Å². The molecule has 0 spiro atoms. The fraction of sp³-hybridized carbons (Fsp3) is 0.231. The third-order valence-corrected chi connectivity index (χ3v) is 4.04. The van der Waals surface area contributed by atoms with Gasteiger partial charge in [-0.25, -0.2) is 21.9 Å². The zero-order valence-corrected chi connectivity index (χ0v) is 11.6. The van der Waals surface area contributed by atoms with Crippen LogP contribution < -0.4 is 4.72 Å². The van der Waals surface area contributed by atoms with Gasteiger partial charge in [-0.05, 0) is 23.8 Å². The lowest BCUT2D eigenvalue weighted by Gasteiger charge is -2.07. The summed E-state index contributed by atoms with van der Waals surface area (Å²) in [4.78, 5) is 0. The van der Waals surface area contributed by atoms with E-state index < -0.39 is 33.0 Å². The molecule has 1 heterocycles. The van der Waals surface area contributed by atoms with E-state index in [0.29, 0.717) is 0 Å². The van der Waals surface area contributed by atoms with E-state index in [1.807, 2.05) is 7.05 Å². The average molecular weight is 300 g/mol. The largest absolute Gasteiger partial charge is 0.357 e. The number of rotatable bonds is 5. The predicted octanol–water partition coefficient (Wildman–Crippen LogP) is 1.92. The highest BCUT2D eigenvalue weighted by Crippen LogP contribution is 2.15. The number of nitrogens with zero attached hydrogens (tertiary/aromatic N) is 1. The minimum atomic E-state index is -3.81. The lowest BCUT2D eigenvalue weighted by atomic mass is 10.2. The Labute approximate surface area is 116 Å². The van der Waals surface area contributed by atoms with Gasteiger partial charge in [-0.1, -0.05) is 6.07 Å². The van der Waals surface area contributed by atoms with Gasteiger partial charge in [0.25, 0.3) is 0 Å². The molecule has 2 rings (SSSR count). The lowest BCUT2D eigenvalue weighted by Crippen LogP contribution is -2.25. The Morgan fingerprint density at radius 3 is 2.40 bits per heavy atom. The summed E-state index contributed by atoms with van der Waals surface area (Å²) in [5.41, 5.74) is 0.318. The van der Waals surface area contributed by atoms with Crippen molar-refractivity contribution in [3.63, 3.8) is 0 Å². The van der Waals surface area contributed by atoms with E-state index in [4.69, 9.17) is 0 Å². The van der Waals surface area contributed by atoms with Crippen LogP contribution in [0.3, 0.4) is 0 Å². The van der Waals surface area contributed by atoms with Gasteiger partial charge < -0.3 is 4.57 Å². The highest BCUT2D eigenvalue weighted by Gasteiger charge is 2.18. The molecule has 0 radical (unpaired) electrons. The van der Waals surface area contributed by atoms with Crippen LogP contribution in [0.2, 0.25) is 0 Å². The van der Waals surface area contributed by atoms with Gasteiger partial charge in [0.2, 0.25) is 10.0 Å². The first-order valence-electron chi connectivity index (χ1n) is 5.88. The first-order chi connectivity index (χ1) is 9.37. The maximum absolute atomic E-state index is 13.4. The van der Waals surface area contributed by atoms with E-state index in [9.17, 15) is 17.2 Å². The number of hydrogen-bond acceptors (Lipinski definition) is 2. The summed E-state index contributed by atoms with van der Waals surface area (Å²) < 4.78 is 54.6. The molecule has 0 saturated heterocycles. The monoisotopic (exact) mass is 300 g/mol. The smallest absolute Gasteiger partial charge is 0.216 e. The van der Waals surface area contributed by atoms with Crippen molar-refractivity contribution in [3.05, 3.63) is 59.4 Å². The van der Waals surface area contributed by atoms with Gasteiger partial charge in [-0.2, -0.15) is 0 Å². The minimum absolute atomic E-state index is 0.0826. The van der Waals surface area contributed by atoms with E-state index in [1.54, 1.807) is 23.0 Å². The molecule has 7 heteroatoms. The highest BCUT2D eigenvalue weighted by molar-refractivity contribution is 7.88. The second-order valence-corrected chi connectivity index (χ2v) is 6.27. The number of aryl methyl sites for hydroxylation is 1. The van der Waals surface area contributed by atoms with Gasteiger partial charge in [0.05, 0.1) is 5.75 Å². The molecule has 0 aliphatic heterocycles. The molecule has 0 aliphatic rings. The van der Waals surface area contributed by atoms with Crippen molar-refractivity contribution in [2.24, 2.45) is 7.05 Å². The highest BCUT2D eigenvalue weighted by atomic mass is 32.2. The molecule has 0 atom stereocenters. The number of benzene rings is 1. The second kappa shape index (κ2) is 5.72. The molecule has 0 fully saturated rings. The SMILES string of the molecule is Cn1ccc(CNS(=O)(=O)Cc2c(F)cccc2F)c1. The molecule has 108 valence electrons. The van der Waals surface area contributed by atoms with Crippen molar-refractivity contribution in [1.29, 1.82) is 0 Å². The van der Waals surface area contributed by atoms with Gasteiger partial charge in [-0.15, -0.1) is 0 Å². The Morgan fingerprint density at radius 2 is 1.85 bits per heavy atom. The van der Waals surface area contributed by atoms with Gasteiger partial charge >= 0.3 is 0 Å². The molecular formula is C13H14F2N2O2S. The maximum Gasteiger partial charge on any atom is 0.216 e. The van der Waals surface area contributed by atoms with Crippen molar-refractivity contribution in [1.82, 2.24) is 9.29 Å². The summed E-state index contributed by atoms with van der Waals surface area (Å²) in [6.07, 6.45) is 3.53. The molecule has 1 aromatic heterocycles.